The highest BCUT2D eigenvalue weighted by molar-refractivity contribution is 6.32. The standard InChI is InChI=1S/C20H31ClN2O3/c1-5-11-26-19-17(21)12-15(13-18(19)25-6-2)20(24)22-16-7-9-23(10-8-16)14(3)4/h12-14,16H,5-11H2,1-4H3,(H,22,24). The number of ether oxygens (including phenoxy) is 2. The van der Waals surface area contributed by atoms with E-state index < -0.39 is 0 Å². The predicted octanol–water partition coefficient (Wildman–Crippen LogP) is 4.13. The number of carbonyl (C=O) groups is 1. The van der Waals surface area contributed by atoms with E-state index in [2.05, 4.69) is 24.1 Å². The van der Waals surface area contributed by atoms with Gasteiger partial charge in [-0.1, -0.05) is 18.5 Å². The minimum absolute atomic E-state index is 0.113. The van der Waals surface area contributed by atoms with Crippen LogP contribution in [0.4, 0.5) is 0 Å². The summed E-state index contributed by atoms with van der Waals surface area (Å²) in [4.78, 5) is 15.1. The Bertz CT molecular complexity index is 599. The molecule has 0 unspecified atom stereocenters. The minimum atomic E-state index is -0.113. The Morgan fingerprint density at radius 2 is 1.96 bits per heavy atom. The molecule has 0 aromatic heterocycles. The van der Waals surface area contributed by atoms with E-state index in [1.807, 2.05) is 13.8 Å². The molecule has 1 aromatic rings. The van der Waals surface area contributed by atoms with Gasteiger partial charge in [-0.05, 0) is 52.2 Å². The predicted molar refractivity (Wildman–Crippen MR) is 106 cm³/mol. The SMILES string of the molecule is CCCOc1c(Cl)cc(C(=O)NC2CCN(C(C)C)CC2)cc1OCC. The van der Waals surface area contributed by atoms with Crippen LogP contribution in [0.15, 0.2) is 12.1 Å². The first-order valence-corrected chi connectivity index (χ1v) is 9.98. The van der Waals surface area contributed by atoms with E-state index in [1.54, 1.807) is 12.1 Å². The van der Waals surface area contributed by atoms with Gasteiger partial charge in [0.2, 0.25) is 0 Å². The van der Waals surface area contributed by atoms with Gasteiger partial charge in [0.05, 0.1) is 18.2 Å². The fourth-order valence-corrected chi connectivity index (χ4v) is 3.40. The molecule has 2 rings (SSSR count). The van der Waals surface area contributed by atoms with E-state index in [0.29, 0.717) is 41.3 Å². The van der Waals surface area contributed by atoms with Crippen LogP contribution in [0, 0.1) is 0 Å². The number of nitrogens with one attached hydrogen (secondary N) is 1. The quantitative estimate of drug-likeness (QED) is 0.734. The number of nitrogens with zero attached hydrogens (tertiary/aromatic N) is 1. The molecule has 26 heavy (non-hydrogen) atoms. The zero-order chi connectivity index (χ0) is 19.1. The largest absolute Gasteiger partial charge is 0.490 e. The smallest absolute Gasteiger partial charge is 0.251 e. The number of amides is 1. The fraction of sp³-hybridized carbons (Fsp3) is 0.650. The molecule has 1 aliphatic rings. The number of piperidine rings is 1. The van der Waals surface area contributed by atoms with Crippen molar-refractivity contribution in [3.63, 3.8) is 0 Å². The highest BCUT2D eigenvalue weighted by Gasteiger charge is 2.23. The van der Waals surface area contributed by atoms with Gasteiger partial charge in [0.15, 0.2) is 11.5 Å². The van der Waals surface area contributed by atoms with E-state index in [-0.39, 0.29) is 11.9 Å². The van der Waals surface area contributed by atoms with Gasteiger partial charge >= 0.3 is 0 Å². The van der Waals surface area contributed by atoms with Crippen molar-refractivity contribution < 1.29 is 14.3 Å². The first-order chi connectivity index (χ1) is 12.5. The monoisotopic (exact) mass is 382 g/mol. The lowest BCUT2D eigenvalue weighted by Crippen LogP contribution is -2.46. The molecule has 1 amide bonds. The van der Waals surface area contributed by atoms with Crippen molar-refractivity contribution in [3.05, 3.63) is 22.7 Å². The van der Waals surface area contributed by atoms with Gasteiger partial charge in [-0.3, -0.25) is 4.79 Å². The average Bonchev–Trinajstić information content (AvgIpc) is 2.61. The molecule has 0 aliphatic carbocycles. The molecule has 1 saturated heterocycles. The maximum Gasteiger partial charge on any atom is 0.251 e. The van der Waals surface area contributed by atoms with Crippen molar-refractivity contribution in [1.29, 1.82) is 0 Å². The summed E-state index contributed by atoms with van der Waals surface area (Å²) in [5.41, 5.74) is 0.508. The molecule has 6 heteroatoms. The van der Waals surface area contributed by atoms with Crippen molar-refractivity contribution >= 4 is 17.5 Å². The summed E-state index contributed by atoms with van der Waals surface area (Å²) in [6, 6.07) is 4.13. The second-order valence-electron chi connectivity index (χ2n) is 6.94. The Morgan fingerprint density at radius 1 is 1.27 bits per heavy atom. The molecule has 5 nitrogen and oxygen atoms in total. The third-order valence-electron chi connectivity index (χ3n) is 4.62. The molecule has 1 heterocycles. The van der Waals surface area contributed by atoms with Crippen LogP contribution >= 0.6 is 11.6 Å². The third-order valence-corrected chi connectivity index (χ3v) is 4.90. The van der Waals surface area contributed by atoms with Crippen LogP contribution < -0.4 is 14.8 Å². The van der Waals surface area contributed by atoms with Crippen molar-refractivity contribution in [1.82, 2.24) is 10.2 Å². The number of benzene rings is 1. The van der Waals surface area contributed by atoms with E-state index in [0.717, 1.165) is 32.4 Å². The first kappa shape index (κ1) is 20.8. The van der Waals surface area contributed by atoms with E-state index in [1.165, 1.54) is 0 Å². The Kier molecular flexibility index (Phi) is 8.04. The lowest BCUT2D eigenvalue weighted by Gasteiger charge is -2.34. The highest BCUT2D eigenvalue weighted by atomic mass is 35.5. The van der Waals surface area contributed by atoms with Gasteiger partial charge in [-0.2, -0.15) is 0 Å². The molecule has 0 radical (unpaired) electrons. The molecule has 0 atom stereocenters. The number of hydrogen-bond donors (Lipinski definition) is 1. The summed E-state index contributed by atoms with van der Waals surface area (Å²) >= 11 is 6.36. The van der Waals surface area contributed by atoms with Gasteiger partial charge in [0.25, 0.3) is 5.91 Å². The summed E-state index contributed by atoms with van der Waals surface area (Å²) in [6.45, 7) is 11.4. The lowest BCUT2D eigenvalue weighted by atomic mass is 10.0. The summed E-state index contributed by atoms with van der Waals surface area (Å²) in [5.74, 6) is 0.920. The topological polar surface area (TPSA) is 50.8 Å². The van der Waals surface area contributed by atoms with E-state index in [9.17, 15) is 4.79 Å². The average molecular weight is 383 g/mol. The van der Waals surface area contributed by atoms with Gasteiger partial charge < -0.3 is 19.7 Å². The van der Waals surface area contributed by atoms with Crippen molar-refractivity contribution in [2.45, 2.75) is 59.0 Å². The van der Waals surface area contributed by atoms with Crippen molar-refractivity contribution in [2.24, 2.45) is 0 Å². The first-order valence-electron chi connectivity index (χ1n) is 9.60. The van der Waals surface area contributed by atoms with Crippen LogP contribution in [-0.2, 0) is 0 Å². The van der Waals surface area contributed by atoms with Gasteiger partial charge in [-0.25, -0.2) is 0 Å². The summed E-state index contributed by atoms with van der Waals surface area (Å²) in [5, 5.41) is 3.54. The summed E-state index contributed by atoms with van der Waals surface area (Å²) < 4.78 is 11.3. The number of likely N-dealkylation sites (tertiary alicyclic amines) is 1. The molecule has 0 bridgehead atoms. The molecular weight excluding hydrogens is 352 g/mol. The zero-order valence-electron chi connectivity index (χ0n) is 16.3. The number of halogens is 1. The normalized spacial score (nSPS) is 15.9. The molecule has 1 aromatic carbocycles. The Labute approximate surface area is 162 Å². The molecule has 1 fully saturated rings. The van der Waals surface area contributed by atoms with E-state index in [4.69, 9.17) is 21.1 Å². The maximum absolute atomic E-state index is 12.7. The molecule has 1 aliphatic heterocycles. The number of hydrogen-bond acceptors (Lipinski definition) is 4. The second kappa shape index (κ2) is 10.0. The Hall–Kier alpha value is -1.46. The zero-order valence-corrected chi connectivity index (χ0v) is 17.1. The van der Waals surface area contributed by atoms with Crippen LogP contribution in [0.2, 0.25) is 5.02 Å². The number of rotatable bonds is 8. The van der Waals surface area contributed by atoms with Crippen LogP contribution in [0.25, 0.3) is 0 Å². The molecule has 146 valence electrons. The van der Waals surface area contributed by atoms with Crippen molar-refractivity contribution in [2.75, 3.05) is 26.3 Å². The molecular formula is C20H31ClN2O3. The molecule has 1 N–H and O–H groups in total. The fourth-order valence-electron chi connectivity index (χ4n) is 3.14. The van der Waals surface area contributed by atoms with Crippen molar-refractivity contribution in [3.8, 4) is 11.5 Å². The number of carbonyl (C=O) groups excluding carboxylic acids is 1. The van der Waals surface area contributed by atoms with E-state index >= 15 is 0 Å². The molecule has 0 saturated carbocycles. The van der Waals surface area contributed by atoms with Gasteiger partial charge in [0, 0.05) is 30.7 Å². The lowest BCUT2D eigenvalue weighted by molar-refractivity contribution is 0.0900. The van der Waals surface area contributed by atoms with Crippen LogP contribution in [-0.4, -0.2) is 49.2 Å². The van der Waals surface area contributed by atoms with Crippen LogP contribution in [0.1, 0.15) is 57.3 Å². The maximum atomic E-state index is 12.7. The Balaban J connectivity index is 2.06. The highest BCUT2D eigenvalue weighted by Crippen LogP contribution is 2.37. The molecule has 0 spiro atoms. The second-order valence-corrected chi connectivity index (χ2v) is 7.35. The van der Waals surface area contributed by atoms with Gasteiger partial charge in [-0.15, -0.1) is 0 Å². The Morgan fingerprint density at radius 3 is 2.54 bits per heavy atom. The summed E-state index contributed by atoms with van der Waals surface area (Å²) in [7, 11) is 0. The van der Waals surface area contributed by atoms with Gasteiger partial charge in [0.1, 0.15) is 0 Å². The van der Waals surface area contributed by atoms with Crippen LogP contribution in [0.3, 0.4) is 0 Å². The van der Waals surface area contributed by atoms with Crippen LogP contribution in [0.5, 0.6) is 11.5 Å². The summed E-state index contributed by atoms with van der Waals surface area (Å²) in [6.07, 6.45) is 2.81. The third kappa shape index (κ3) is 5.52. The minimum Gasteiger partial charge on any atom is -0.490 e.